The maximum Gasteiger partial charge on any atom is 0.275 e. The number of carbonyl (C=O) groups excluding carboxylic acids is 3. The summed E-state index contributed by atoms with van der Waals surface area (Å²) >= 11 is 0. The Bertz CT molecular complexity index is 708. The van der Waals surface area contributed by atoms with Crippen LogP contribution in [0.3, 0.4) is 0 Å². The molecule has 1 aromatic heterocycles. The summed E-state index contributed by atoms with van der Waals surface area (Å²) in [5.74, 6) is 0.141. The van der Waals surface area contributed by atoms with E-state index in [2.05, 4.69) is 4.98 Å². The molecule has 152 valence electrons. The molecule has 28 heavy (non-hydrogen) atoms. The van der Waals surface area contributed by atoms with Gasteiger partial charge in [-0.15, -0.1) is 0 Å². The molecule has 3 aliphatic heterocycles. The number of piperidine rings is 1. The van der Waals surface area contributed by atoms with Gasteiger partial charge in [0.25, 0.3) is 5.91 Å². The van der Waals surface area contributed by atoms with E-state index in [1.54, 1.807) is 4.90 Å². The molecular weight excluding hydrogens is 364 g/mol. The van der Waals surface area contributed by atoms with Crippen molar-refractivity contribution in [2.24, 2.45) is 11.8 Å². The first kappa shape index (κ1) is 18.9. The molecule has 0 saturated carbocycles. The molecule has 1 unspecified atom stereocenters. The molecule has 3 saturated heterocycles. The fourth-order valence-corrected chi connectivity index (χ4v) is 4.27. The van der Waals surface area contributed by atoms with Crippen LogP contribution >= 0.6 is 0 Å². The van der Waals surface area contributed by atoms with Gasteiger partial charge in [0.2, 0.25) is 11.8 Å². The summed E-state index contributed by atoms with van der Waals surface area (Å²) in [6.45, 7) is 4.83. The minimum Gasteiger partial charge on any atom is -0.451 e. The highest BCUT2D eigenvalue weighted by atomic mass is 16.5. The monoisotopic (exact) mass is 390 g/mol. The maximum atomic E-state index is 12.6. The number of likely N-dealkylation sites (tertiary alicyclic amines) is 2. The summed E-state index contributed by atoms with van der Waals surface area (Å²) in [5.41, 5.74) is 0.331. The Kier molecular flexibility index (Phi) is 5.61. The number of hydrogen-bond acceptors (Lipinski definition) is 6. The molecule has 0 aromatic carbocycles. The van der Waals surface area contributed by atoms with Gasteiger partial charge < -0.3 is 23.9 Å². The summed E-state index contributed by atoms with van der Waals surface area (Å²) in [6, 6.07) is 0. The van der Waals surface area contributed by atoms with E-state index < -0.39 is 0 Å². The summed E-state index contributed by atoms with van der Waals surface area (Å²) in [6.07, 6.45) is 4.61. The number of carbonyl (C=O) groups is 3. The number of oxazole rings is 1. The minimum absolute atomic E-state index is 0.0627. The first-order valence-corrected chi connectivity index (χ1v) is 9.93. The van der Waals surface area contributed by atoms with Crippen LogP contribution < -0.4 is 0 Å². The van der Waals surface area contributed by atoms with Gasteiger partial charge >= 0.3 is 0 Å². The molecule has 0 bridgehead atoms. The SMILES string of the molecule is O=C1CC(C(=O)N2CCOCC2)CN1CC1CCN(C(=O)c2cocn2)CC1. The molecular formula is C19H26N4O5. The zero-order valence-electron chi connectivity index (χ0n) is 15.9. The fraction of sp³-hybridized carbons (Fsp3) is 0.684. The zero-order valence-corrected chi connectivity index (χ0v) is 15.9. The Morgan fingerprint density at radius 2 is 1.86 bits per heavy atom. The largest absolute Gasteiger partial charge is 0.451 e. The van der Waals surface area contributed by atoms with Gasteiger partial charge in [-0.2, -0.15) is 0 Å². The number of amides is 3. The number of aromatic nitrogens is 1. The Morgan fingerprint density at radius 1 is 1.11 bits per heavy atom. The van der Waals surface area contributed by atoms with Crippen molar-refractivity contribution in [2.75, 3.05) is 52.5 Å². The van der Waals surface area contributed by atoms with Crippen molar-refractivity contribution in [3.63, 3.8) is 0 Å². The normalized spacial score (nSPS) is 24.1. The molecule has 0 aliphatic carbocycles. The predicted octanol–water partition coefficient (Wildman–Crippen LogP) is 0.234. The highest BCUT2D eigenvalue weighted by molar-refractivity contribution is 5.92. The first-order chi connectivity index (χ1) is 13.6. The molecule has 0 radical (unpaired) electrons. The average Bonchev–Trinajstić information content (AvgIpc) is 3.39. The zero-order chi connectivity index (χ0) is 19.5. The van der Waals surface area contributed by atoms with Crippen molar-refractivity contribution in [1.82, 2.24) is 19.7 Å². The standard InChI is InChI=1S/C19H26N4O5/c24-17-9-15(18(25)22-5-7-27-8-6-22)11-23(17)10-14-1-3-21(4-2-14)19(26)16-12-28-13-20-16/h12-15H,1-11H2. The van der Waals surface area contributed by atoms with Crippen molar-refractivity contribution in [3.8, 4) is 0 Å². The van der Waals surface area contributed by atoms with E-state index in [1.165, 1.54) is 12.7 Å². The Balaban J connectivity index is 1.25. The lowest BCUT2D eigenvalue weighted by Crippen LogP contribution is -2.45. The van der Waals surface area contributed by atoms with Gasteiger partial charge in [-0.25, -0.2) is 4.98 Å². The van der Waals surface area contributed by atoms with Gasteiger partial charge in [-0.1, -0.05) is 0 Å². The highest BCUT2D eigenvalue weighted by Gasteiger charge is 2.38. The van der Waals surface area contributed by atoms with E-state index >= 15 is 0 Å². The van der Waals surface area contributed by atoms with Crippen LogP contribution in [0.2, 0.25) is 0 Å². The Hall–Kier alpha value is -2.42. The average molecular weight is 390 g/mol. The van der Waals surface area contributed by atoms with Gasteiger partial charge in [0, 0.05) is 45.7 Å². The lowest BCUT2D eigenvalue weighted by molar-refractivity contribution is -0.139. The van der Waals surface area contributed by atoms with Crippen LogP contribution in [0, 0.1) is 11.8 Å². The second kappa shape index (κ2) is 8.30. The lowest BCUT2D eigenvalue weighted by atomic mass is 9.96. The Labute approximate surface area is 163 Å². The van der Waals surface area contributed by atoms with Crippen molar-refractivity contribution in [3.05, 3.63) is 18.4 Å². The van der Waals surface area contributed by atoms with Crippen molar-refractivity contribution in [2.45, 2.75) is 19.3 Å². The molecule has 3 fully saturated rings. The molecule has 3 amide bonds. The molecule has 4 heterocycles. The van der Waals surface area contributed by atoms with Crippen molar-refractivity contribution >= 4 is 17.7 Å². The molecule has 9 heteroatoms. The molecule has 0 spiro atoms. The number of hydrogen-bond donors (Lipinski definition) is 0. The second-order valence-electron chi connectivity index (χ2n) is 7.75. The first-order valence-electron chi connectivity index (χ1n) is 9.93. The van der Waals surface area contributed by atoms with Gasteiger partial charge in [0.15, 0.2) is 12.1 Å². The van der Waals surface area contributed by atoms with Gasteiger partial charge in [-0.3, -0.25) is 14.4 Å². The van der Waals surface area contributed by atoms with Crippen LogP contribution in [0.5, 0.6) is 0 Å². The van der Waals surface area contributed by atoms with Gasteiger partial charge in [0.05, 0.1) is 19.1 Å². The van der Waals surface area contributed by atoms with E-state index in [4.69, 9.17) is 9.15 Å². The van der Waals surface area contributed by atoms with Crippen LogP contribution in [0.25, 0.3) is 0 Å². The van der Waals surface area contributed by atoms with E-state index in [0.717, 1.165) is 12.8 Å². The van der Waals surface area contributed by atoms with E-state index in [1.807, 2.05) is 9.80 Å². The van der Waals surface area contributed by atoms with Crippen molar-refractivity contribution in [1.29, 1.82) is 0 Å². The van der Waals surface area contributed by atoms with E-state index in [-0.39, 0.29) is 23.6 Å². The highest BCUT2D eigenvalue weighted by Crippen LogP contribution is 2.25. The quantitative estimate of drug-likeness (QED) is 0.730. The third-order valence-corrected chi connectivity index (χ3v) is 5.92. The molecule has 1 atom stereocenters. The van der Waals surface area contributed by atoms with E-state index in [9.17, 15) is 14.4 Å². The predicted molar refractivity (Wildman–Crippen MR) is 97.2 cm³/mol. The maximum absolute atomic E-state index is 12.6. The van der Waals surface area contributed by atoms with Crippen molar-refractivity contribution < 1.29 is 23.5 Å². The summed E-state index contributed by atoms with van der Waals surface area (Å²) in [4.78, 5) is 46.7. The Morgan fingerprint density at radius 3 is 2.54 bits per heavy atom. The number of morpholine rings is 1. The van der Waals surface area contributed by atoms with Crippen LogP contribution in [-0.4, -0.2) is 89.9 Å². The van der Waals surface area contributed by atoms with E-state index in [0.29, 0.717) is 70.5 Å². The fourth-order valence-electron chi connectivity index (χ4n) is 4.27. The topological polar surface area (TPSA) is 96.2 Å². The molecule has 0 N–H and O–H groups in total. The van der Waals surface area contributed by atoms with Gasteiger partial charge in [0.1, 0.15) is 6.26 Å². The molecule has 9 nitrogen and oxygen atoms in total. The summed E-state index contributed by atoms with van der Waals surface area (Å²) in [7, 11) is 0. The molecule has 3 aliphatic rings. The third kappa shape index (κ3) is 4.04. The second-order valence-corrected chi connectivity index (χ2v) is 7.75. The van der Waals surface area contributed by atoms with Crippen LogP contribution in [0.15, 0.2) is 17.1 Å². The summed E-state index contributed by atoms with van der Waals surface area (Å²) < 4.78 is 10.2. The van der Waals surface area contributed by atoms with Crippen LogP contribution in [0.1, 0.15) is 29.8 Å². The lowest BCUT2D eigenvalue weighted by Gasteiger charge is -2.33. The molecule has 4 rings (SSSR count). The molecule has 1 aromatic rings. The number of nitrogens with zero attached hydrogens (tertiary/aromatic N) is 4. The van der Waals surface area contributed by atoms with Crippen LogP contribution in [0.4, 0.5) is 0 Å². The minimum atomic E-state index is -0.237. The number of ether oxygens (including phenoxy) is 1. The van der Waals surface area contributed by atoms with Crippen LogP contribution in [-0.2, 0) is 14.3 Å². The smallest absolute Gasteiger partial charge is 0.275 e. The third-order valence-electron chi connectivity index (χ3n) is 5.92. The summed E-state index contributed by atoms with van der Waals surface area (Å²) in [5, 5.41) is 0. The number of rotatable bonds is 4. The van der Waals surface area contributed by atoms with Gasteiger partial charge in [-0.05, 0) is 18.8 Å².